The van der Waals surface area contributed by atoms with Gasteiger partial charge in [0, 0.05) is 24.4 Å². The summed E-state index contributed by atoms with van der Waals surface area (Å²) in [6, 6.07) is 3.96. The van der Waals surface area contributed by atoms with E-state index >= 15 is 0 Å². The molecule has 1 saturated carbocycles. The molecule has 2 aliphatic rings. The molecule has 2 heterocycles. The number of amides is 2. The monoisotopic (exact) mass is 276 g/mol. The van der Waals surface area contributed by atoms with Crippen LogP contribution < -0.4 is 5.73 Å². The summed E-state index contributed by atoms with van der Waals surface area (Å²) in [5.74, 6) is 0.752. The van der Waals surface area contributed by atoms with Crippen molar-refractivity contribution in [2.75, 3.05) is 6.54 Å². The van der Waals surface area contributed by atoms with Gasteiger partial charge in [-0.2, -0.15) is 0 Å². The Bertz CT molecular complexity index is 511. The highest BCUT2D eigenvalue weighted by molar-refractivity contribution is 5.84. The lowest BCUT2D eigenvalue weighted by Crippen LogP contribution is -2.49. The van der Waals surface area contributed by atoms with Crippen molar-refractivity contribution in [3.8, 4) is 0 Å². The molecule has 0 radical (unpaired) electrons. The molecule has 0 unspecified atom stereocenters. The summed E-state index contributed by atoms with van der Waals surface area (Å²) in [5, 5.41) is 0. The second kappa shape index (κ2) is 4.96. The van der Waals surface area contributed by atoms with E-state index in [1.54, 1.807) is 6.26 Å². The molecule has 1 saturated heterocycles. The second-order valence-corrected chi connectivity index (χ2v) is 5.98. The Morgan fingerprint density at radius 1 is 1.40 bits per heavy atom. The molecule has 1 aromatic rings. The van der Waals surface area contributed by atoms with E-state index in [2.05, 4.69) is 0 Å². The first-order chi connectivity index (χ1) is 9.58. The predicted molar refractivity (Wildman–Crippen MR) is 72.6 cm³/mol. The van der Waals surface area contributed by atoms with E-state index < -0.39 is 0 Å². The molecule has 1 aliphatic carbocycles. The summed E-state index contributed by atoms with van der Waals surface area (Å²) in [5.41, 5.74) is 5.38. The van der Waals surface area contributed by atoms with Gasteiger partial charge in [-0.05, 0) is 38.3 Å². The zero-order valence-electron chi connectivity index (χ0n) is 11.6. The lowest BCUT2D eigenvalue weighted by molar-refractivity contribution is -0.139. The van der Waals surface area contributed by atoms with E-state index in [0.29, 0.717) is 6.54 Å². The maximum atomic E-state index is 12.6. The Balaban J connectivity index is 1.66. The molecule has 0 bridgehead atoms. The molecule has 5 heteroatoms. The number of carbonyl (C=O) groups excluding carboxylic acids is 2. The van der Waals surface area contributed by atoms with E-state index in [4.69, 9.17) is 10.2 Å². The van der Waals surface area contributed by atoms with Gasteiger partial charge in [-0.3, -0.25) is 9.59 Å². The smallest absolute Gasteiger partial charge is 0.226 e. The minimum Gasteiger partial charge on any atom is -0.469 e. The van der Waals surface area contributed by atoms with Crippen LogP contribution in [0.2, 0.25) is 0 Å². The van der Waals surface area contributed by atoms with Crippen LogP contribution in [-0.2, 0) is 9.59 Å². The zero-order valence-corrected chi connectivity index (χ0v) is 11.6. The Labute approximate surface area is 118 Å². The highest BCUT2D eigenvalue weighted by atomic mass is 16.3. The lowest BCUT2D eigenvalue weighted by atomic mass is 9.92. The zero-order chi connectivity index (χ0) is 14.3. The first kappa shape index (κ1) is 13.2. The number of likely N-dealkylation sites (tertiary alicyclic amines) is 1. The summed E-state index contributed by atoms with van der Waals surface area (Å²) in [7, 11) is 0. The highest BCUT2D eigenvalue weighted by Gasteiger charge is 2.49. The fraction of sp³-hybridized carbons (Fsp3) is 0.600. The van der Waals surface area contributed by atoms with Crippen molar-refractivity contribution < 1.29 is 14.0 Å². The van der Waals surface area contributed by atoms with Crippen LogP contribution in [0.5, 0.6) is 0 Å². The molecule has 3 rings (SSSR count). The van der Waals surface area contributed by atoms with Crippen molar-refractivity contribution in [1.29, 1.82) is 0 Å². The molecule has 1 aromatic heterocycles. The van der Waals surface area contributed by atoms with E-state index in [9.17, 15) is 9.59 Å². The number of nitrogens with two attached hydrogens (primary N) is 1. The van der Waals surface area contributed by atoms with Crippen LogP contribution in [0.4, 0.5) is 0 Å². The van der Waals surface area contributed by atoms with Gasteiger partial charge in [0.2, 0.25) is 11.8 Å². The van der Waals surface area contributed by atoms with Crippen molar-refractivity contribution in [2.45, 2.75) is 38.1 Å². The van der Waals surface area contributed by atoms with Crippen LogP contribution in [0.3, 0.4) is 0 Å². The molecular formula is C15H20N2O3. The second-order valence-electron chi connectivity index (χ2n) is 5.98. The summed E-state index contributed by atoms with van der Waals surface area (Å²) in [4.78, 5) is 25.8. The molecule has 2 fully saturated rings. The Kier molecular flexibility index (Phi) is 3.28. The van der Waals surface area contributed by atoms with Gasteiger partial charge in [0.25, 0.3) is 0 Å². The number of hydrogen-bond acceptors (Lipinski definition) is 3. The molecular weight excluding hydrogens is 256 g/mol. The van der Waals surface area contributed by atoms with Gasteiger partial charge < -0.3 is 15.1 Å². The van der Waals surface area contributed by atoms with Crippen molar-refractivity contribution >= 4 is 11.8 Å². The Morgan fingerprint density at radius 2 is 2.20 bits per heavy atom. The third-order valence-electron chi connectivity index (χ3n) is 4.58. The first-order valence-electron chi connectivity index (χ1n) is 7.21. The van der Waals surface area contributed by atoms with Crippen molar-refractivity contribution in [3.63, 3.8) is 0 Å². The van der Waals surface area contributed by atoms with Gasteiger partial charge >= 0.3 is 0 Å². The van der Waals surface area contributed by atoms with Gasteiger partial charge in [0.05, 0.1) is 12.2 Å². The van der Waals surface area contributed by atoms with Gasteiger partial charge in [0.15, 0.2) is 0 Å². The summed E-state index contributed by atoms with van der Waals surface area (Å²) >= 11 is 0. The Hall–Kier alpha value is -1.78. The maximum absolute atomic E-state index is 12.6. The third kappa shape index (κ3) is 2.32. The Morgan fingerprint density at radius 3 is 2.85 bits per heavy atom. The van der Waals surface area contributed by atoms with Crippen LogP contribution in [0.1, 0.15) is 37.9 Å². The standard InChI is InChI=1S/C15H20N2O3/c1-9-4-5-10(14(16)18)8-17(9)15(19)12-7-11(12)13-3-2-6-20-13/h2-3,6,9-12H,4-5,7-8H2,1H3,(H2,16,18)/t9-,10+,11-,12+/m1/s1. The van der Waals surface area contributed by atoms with Crippen LogP contribution >= 0.6 is 0 Å². The van der Waals surface area contributed by atoms with Gasteiger partial charge in [-0.15, -0.1) is 0 Å². The molecule has 108 valence electrons. The molecule has 0 spiro atoms. The fourth-order valence-electron chi connectivity index (χ4n) is 3.14. The fourth-order valence-corrected chi connectivity index (χ4v) is 3.14. The number of nitrogens with zero attached hydrogens (tertiary/aromatic N) is 1. The number of carbonyl (C=O) groups is 2. The molecule has 1 aliphatic heterocycles. The quantitative estimate of drug-likeness (QED) is 0.908. The first-order valence-corrected chi connectivity index (χ1v) is 7.21. The summed E-state index contributed by atoms with van der Waals surface area (Å²) < 4.78 is 5.37. The van der Waals surface area contributed by atoms with Gasteiger partial charge in [0.1, 0.15) is 5.76 Å². The highest BCUT2D eigenvalue weighted by Crippen LogP contribution is 2.49. The maximum Gasteiger partial charge on any atom is 0.226 e. The van der Waals surface area contributed by atoms with E-state index in [1.165, 1.54) is 0 Å². The van der Waals surface area contributed by atoms with E-state index in [1.807, 2.05) is 24.0 Å². The normalized spacial score (nSPS) is 33.0. The predicted octanol–water partition coefficient (Wildman–Crippen LogP) is 1.50. The number of hydrogen-bond donors (Lipinski definition) is 1. The minimum absolute atomic E-state index is 0.00947. The number of primary amides is 1. The molecule has 4 atom stereocenters. The molecule has 2 N–H and O–H groups in total. The number of furan rings is 1. The van der Waals surface area contributed by atoms with Crippen LogP contribution in [0, 0.1) is 11.8 Å². The lowest BCUT2D eigenvalue weighted by Gasteiger charge is -2.37. The molecule has 0 aromatic carbocycles. The summed E-state index contributed by atoms with van der Waals surface area (Å²) in [6.45, 7) is 2.51. The van der Waals surface area contributed by atoms with Crippen LogP contribution in [0.15, 0.2) is 22.8 Å². The van der Waals surface area contributed by atoms with Crippen LogP contribution in [0.25, 0.3) is 0 Å². The topological polar surface area (TPSA) is 76.5 Å². The minimum atomic E-state index is -0.298. The molecule has 2 amide bonds. The van der Waals surface area contributed by atoms with Crippen molar-refractivity contribution in [3.05, 3.63) is 24.2 Å². The van der Waals surface area contributed by atoms with Gasteiger partial charge in [-0.1, -0.05) is 0 Å². The average Bonchev–Trinajstić information content (AvgIpc) is 3.04. The third-order valence-corrected chi connectivity index (χ3v) is 4.58. The largest absolute Gasteiger partial charge is 0.469 e. The number of piperidine rings is 1. The van der Waals surface area contributed by atoms with E-state index in [-0.39, 0.29) is 35.6 Å². The van der Waals surface area contributed by atoms with Crippen molar-refractivity contribution in [1.82, 2.24) is 4.90 Å². The van der Waals surface area contributed by atoms with Gasteiger partial charge in [-0.25, -0.2) is 0 Å². The van der Waals surface area contributed by atoms with Crippen molar-refractivity contribution in [2.24, 2.45) is 17.6 Å². The van der Waals surface area contributed by atoms with E-state index in [0.717, 1.165) is 25.0 Å². The molecule has 20 heavy (non-hydrogen) atoms. The summed E-state index contributed by atoms with van der Waals surface area (Å²) in [6.07, 6.45) is 4.11. The number of rotatable bonds is 3. The SMILES string of the molecule is C[C@@H]1CC[C@H](C(N)=O)CN1C(=O)[C@H]1C[C@H]1c1ccco1. The molecule has 5 nitrogen and oxygen atoms in total. The van der Waals surface area contributed by atoms with Crippen LogP contribution in [-0.4, -0.2) is 29.3 Å². The average molecular weight is 276 g/mol.